The molecule has 0 aliphatic rings. The molecule has 0 saturated carbocycles. The highest BCUT2D eigenvalue weighted by Crippen LogP contribution is 2.13. The molecule has 0 aliphatic heterocycles. The van der Waals surface area contributed by atoms with Crippen LogP contribution in [-0.2, 0) is 0 Å². The number of hydrogen-bond acceptors (Lipinski definition) is 3. The van der Waals surface area contributed by atoms with Crippen LogP contribution in [0.4, 0.5) is 0 Å². The number of rotatable bonds is 1. The van der Waals surface area contributed by atoms with Crippen LogP contribution in [-0.4, -0.2) is 19.9 Å². The molecule has 0 unspecified atom stereocenters. The van der Waals surface area contributed by atoms with Crippen molar-refractivity contribution in [2.75, 3.05) is 0 Å². The Kier molecular flexibility index (Phi) is 2.83. The Morgan fingerprint density at radius 2 is 2.15 bits per heavy atom. The van der Waals surface area contributed by atoms with Crippen molar-refractivity contribution in [3.05, 3.63) is 18.3 Å². The van der Waals surface area contributed by atoms with E-state index in [9.17, 15) is 0 Å². The molecular formula is C8H11ClN4. The third-order valence-electron chi connectivity index (χ3n) is 1.73. The van der Waals surface area contributed by atoms with E-state index in [1.54, 1.807) is 6.20 Å². The predicted octanol–water partition coefficient (Wildman–Crippen LogP) is 1.90. The van der Waals surface area contributed by atoms with Gasteiger partial charge in [-0.25, -0.2) is 15.0 Å². The highest BCUT2D eigenvalue weighted by molar-refractivity contribution is 5.85. The maximum absolute atomic E-state index is 4.31. The zero-order chi connectivity index (χ0) is 8.55. The topological polar surface area (TPSA) is 54.5 Å². The van der Waals surface area contributed by atoms with Gasteiger partial charge < -0.3 is 4.98 Å². The van der Waals surface area contributed by atoms with Crippen LogP contribution in [0.5, 0.6) is 0 Å². The van der Waals surface area contributed by atoms with Gasteiger partial charge in [0.1, 0.15) is 17.7 Å². The standard InChI is InChI=1S/C8H10N4.ClH/c1-5(2)7-11-6-3-9-4-10-8(6)12-7;/h3-5H,1-2H3,(H,9,10,11,12);1H. The van der Waals surface area contributed by atoms with E-state index in [0.717, 1.165) is 17.0 Å². The minimum Gasteiger partial charge on any atom is -0.339 e. The summed E-state index contributed by atoms with van der Waals surface area (Å²) >= 11 is 0. The van der Waals surface area contributed by atoms with Crippen LogP contribution in [0.25, 0.3) is 11.2 Å². The molecule has 0 aliphatic carbocycles. The van der Waals surface area contributed by atoms with E-state index in [1.165, 1.54) is 6.33 Å². The molecule has 0 bridgehead atoms. The minimum atomic E-state index is 0. The van der Waals surface area contributed by atoms with Gasteiger partial charge in [-0.05, 0) is 0 Å². The SMILES string of the molecule is CC(C)c1nc2ncncc2[nH]1.Cl. The molecule has 2 heterocycles. The Bertz CT molecular complexity index is 363. The normalized spacial score (nSPS) is 10.4. The smallest absolute Gasteiger partial charge is 0.180 e. The van der Waals surface area contributed by atoms with E-state index in [0.29, 0.717) is 5.92 Å². The zero-order valence-electron chi connectivity index (χ0n) is 7.48. The van der Waals surface area contributed by atoms with Gasteiger partial charge in [0.25, 0.3) is 0 Å². The van der Waals surface area contributed by atoms with Crippen LogP contribution in [0.15, 0.2) is 12.5 Å². The first-order valence-electron chi connectivity index (χ1n) is 3.93. The molecule has 0 amide bonds. The summed E-state index contributed by atoms with van der Waals surface area (Å²) in [5.41, 5.74) is 1.65. The Balaban J connectivity index is 0.000000845. The summed E-state index contributed by atoms with van der Waals surface area (Å²) < 4.78 is 0. The van der Waals surface area contributed by atoms with Crippen molar-refractivity contribution < 1.29 is 0 Å². The van der Waals surface area contributed by atoms with Crippen LogP contribution < -0.4 is 0 Å². The summed E-state index contributed by atoms with van der Waals surface area (Å²) in [6.45, 7) is 4.18. The van der Waals surface area contributed by atoms with Gasteiger partial charge in [0, 0.05) is 5.92 Å². The fourth-order valence-corrected chi connectivity index (χ4v) is 1.05. The summed E-state index contributed by atoms with van der Waals surface area (Å²) in [5, 5.41) is 0. The van der Waals surface area contributed by atoms with Gasteiger partial charge in [-0.3, -0.25) is 0 Å². The molecule has 0 fully saturated rings. The monoisotopic (exact) mass is 198 g/mol. The summed E-state index contributed by atoms with van der Waals surface area (Å²) in [6, 6.07) is 0. The summed E-state index contributed by atoms with van der Waals surface area (Å²) in [5.74, 6) is 1.37. The lowest BCUT2D eigenvalue weighted by atomic mass is 10.2. The van der Waals surface area contributed by atoms with Gasteiger partial charge in [0.2, 0.25) is 0 Å². The van der Waals surface area contributed by atoms with Crippen LogP contribution in [0.3, 0.4) is 0 Å². The Morgan fingerprint density at radius 3 is 2.77 bits per heavy atom. The molecule has 2 aromatic heterocycles. The summed E-state index contributed by atoms with van der Waals surface area (Å²) in [6.07, 6.45) is 3.24. The molecule has 0 saturated heterocycles. The zero-order valence-corrected chi connectivity index (χ0v) is 8.30. The number of aromatic amines is 1. The molecule has 13 heavy (non-hydrogen) atoms. The molecule has 2 rings (SSSR count). The van der Waals surface area contributed by atoms with Crippen LogP contribution in [0.1, 0.15) is 25.6 Å². The lowest BCUT2D eigenvalue weighted by Crippen LogP contribution is -1.88. The van der Waals surface area contributed by atoms with Crippen molar-refractivity contribution in [2.24, 2.45) is 0 Å². The maximum Gasteiger partial charge on any atom is 0.180 e. The minimum absolute atomic E-state index is 0. The maximum atomic E-state index is 4.31. The largest absolute Gasteiger partial charge is 0.339 e. The Hall–Kier alpha value is -1.16. The Morgan fingerprint density at radius 1 is 1.38 bits per heavy atom. The lowest BCUT2D eigenvalue weighted by molar-refractivity contribution is 0.798. The summed E-state index contributed by atoms with van der Waals surface area (Å²) in [4.78, 5) is 15.4. The number of nitrogens with one attached hydrogen (secondary N) is 1. The lowest BCUT2D eigenvalue weighted by Gasteiger charge is -1.95. The van der Waals surface area contributed by atoms with E-state index in [2.05, 4.69) is 33.8 Å². The van der Waals surface area contributed by atoms with Crippen molar-refractivity contribution in [2.45, 2.75) is 19.8 Å². The fraction of sp³-hybridized carbons (Fsp3) is 0.375. The molecule has 0 radical (unpaired) electrons. The fourth-order valence-electron chi connectivity index (χ4n) is 1.05. The molecule has 0 atom stereocenters. The highest BCUT2D eigenvalue weighted by atomic mass is 35.5. The van der Waals surface area contributed by atoms with Crippen LogP contribution in [0.2, 0.25) is 0 Å². The number of aromatic nitrogens is 4. The van der Waals surface area contributed by atoms with E-state index >= 15 is 0 Å². The van der Waals surface area contributed by atoms with Crippen molar-refractivity contribution in [1.29, 1.82) is 0 Å². The molecular weight excluding hydrogens is 188 g/mol. The van der Waals surface area contributed by atoms with Gasteiger partial charge >= 0.3 is 0 Å². The number of imidazole rings is 1. The first kappa shape index (κ1) is 9.92. The Labute approximate surface area is 82.2 Å². The molecule has 5 heteroatoms. The number of H-pyrrole nitrogens is 1. The van der Waals surface area contributed by atoms with E-state index in [4.69, 9.17) is 0 Å². The molecule has 0 spiro atoms. The second-order valence-corrected chi connectivity index (χ2v) is 3.04. The van der Waals surface area contributed by atoms with Crippen LogP contribution >= 0.6 is 12.4 Å². The second kappa shape index (κ2) is 3.70. The van der Waals surface area contributed by atoms with Gasteiger partial charge in [0.15, 0.2) is 5.65 Å². The first-order chi connectivity index (χ1) is 5.77. The average molecular weight is 199 g/mol. The highest BCUT2D eigenvalue weighted by Gasteiger charge is 2.05. The number of fused-ring (bicyclic) bond motifs is 1. The van der Waals surface area contributed by atoms with E-state index < -0.39 is 0 Å². The molecule has 1 N–H and O–H groups in total. The van der Waals surface area contributed by atoms with Crippen molar-refractivity contribution in [1.82, 2.24) is 19.9 Å². The predicted molar refractivity (Wildman–Crippen MR) is 53.0 cm³/mol. The van der Waals surface area contributed by atoms with Crippen molar-refractivity contribution >= 4 is 23.6 Å². The molecule has 4 nitrogen and oxygen atoms in total. The quantitative estimate of drug-likeness (QED) is 0.762. The third kappa shape index (κ3) is 1.78. The van der Waals surface area contributed by atoms with Crippen LogP contribution in [0, 0.1) is 0 Å². The number of halogens is 1. The average Bonchev–Trinajstić information content (AvgIpc) is 2.46. The molecule has 70 valence electrons. The summed E-state index contributed by atoms with van der Waals surface area (Å²) in [7, 11) is 0. The van der Waals surface area contributed by atoms with E-state index in [-0.39, 0.29) is 12.4 Å². The van der Waals surface area contributed by atoms with E-state index in [1.807, 2.05) is 0 Å². The van der Waals surface area contributed by atoms with Gasteiger partial charge in [-0.15, -0.1) is 12.4 Å². The number of hydrogen-bond donors (Lipinski definition) is 1. The third-order valence-corrected chi connectivity index (χ3v) is 1.73. The number of nitrogens with zero attached hydrogens (tertiary/aromatic N) is 3. The van der Waals surface area contributed by atoms with Gasteiger partial charge in [-0.1, -0.05) is 13.8 Å². The van der Waals surface area contributed by atoms with Crippen molar-refractivity contribution in [3.8, 4) is 0 Å². The van der Waals surface area contributed by atoms with Gasteiger partial charge in [-0.2, -0.15) is 0 Å². The molecule has 0 aromatic carbocycles. The first-order valence-corrected chi connectivity index (χ1v) is 3.93. The van der Waals surface area contributed by atoms with Crippen molar-refractivity contribution in [3.63, 3.8) is 0 Å². The van der Waals surface area contributed by atoms with Gasteiger partial charge in [0.05, 0.1) is 6.20 Å². The molecule has 2 aromatic rings. The second-order valence-electron chi connectivity index (χ2n) is 3.04.